The highest BCUT2D eigenvalue weighted by atomic mass is 16.6. The predicted octanol–water partition coefficient (Wildman–Crippen LogP) is 1.19. The Labute approximate surface area is 116 Å². The van der Waals surface area contributed by atoms with Gasteiger partial charge < -0.3 is 19.9 Å². The van der Waals surface area contributed by atoms with Crippen LogP contribution in [0, 0.1) is 0 Å². The number of hydrogen-bond donors (Lipinski definition) is 2. The number of ether oxygens (including phenoxy) is 2. The molecule has 2 rings (SSSR count). The Hall–Kier alpha value is -2.24. The molecule has 1 amide bonds. The van der Waals surface area contributed by atoms with E-state index in [1.165, 1.54) is 0 Å². The smallest absolute Gasteiger partial charge is 0.305 e. The molecule has 0 spiro atoms. The van der Waals surface area contributed by atoms with Crippen LogP contribution in [0.5, 0.6) is 11.5 Å². The van der Waals surface area contributed by atoms with E-state index in [2.05, 4.69) is 5.32 Å². The van der Waals surface area contributed by atoms with Crippen molar-refractivity contribution in [2.24, 2.45) is 0 Å². The number of carboxylic acids is 1. The highest BCUT2D eigenvalue weighted by molar-refractivity contribution is 5.83. The first-order valence-corrected chi connectivity index (χ1v) is 6.42. The summed E-state index contributed by atoms with van der Waals surface area (Å²) < 4.78 is 11.3. The Bertz CT molecular complexity index is 516. The molecule has 3 unspecified atom stereocenters. The molecule has 1 aromatic carbocycles. The molecule has 1 heterocycles. The van der Waals surface area contributed by atoms with Crippen LogP contribution in [0.1, 0.15) is 20.3 Å². The van der Waals surface area contributed by atoms with Gasteiger partial charge >= 0.3 is 5.97 Å². The van der Waals surface area contributed by atoms with Gasteiger partial charge in [0.25, 0.3) is 5.91 Å². The number of fused-ring (bicyclic) bond motifs is 1. The van der Waals surface area contributed by atoms with Crippen molar-refractivity contribution in [3.63, 3.8) is 0 Å². The highest BCUT2D eigenvalue weighted by Gasteiger charge is 2.34. The van der Waals surface area contributed by atoms with E-state index in [-0.39, 0.29) is 12.3 Å². The van der Waals surface area contributed by atoms with Crippen molar-refractivity contribution in [1.29, 1.82) is 0 Å². The number of para-hydroxylation sites is 2. The molecule has 0 saturated carbocycles. The van der Waals surface area contributed by atoms with E-state index in [4.69, 9.17) is 14.6 Å². The van der Waals surface area contributed by atoms with Crippen LogP contribution in [-0.4, -0.2) is 35.2 Å². The number of carbonyl (C=O) groups excluding carboxylic acids is 1. The van der Waals surface area contributed by atoms with Crippen LogP contribution in [0.15, 0.2) is 24.3 Å². The lowest BCUT2D eigenvalue weighted by Crippen LogP contribution is -2.51. The Morgan fingerprint density at radius 1 is 1.30 bits per heavy atom. The van der Waals surface area contributed by atoms with Crippen LogP contribution in [0.25, 0.3) is 0 Å². The van der Waals surface area contributed by atoms with Crippen molar-refractivity contribution >= 4 is 11.9 Å². The fraction of sp³-hybridized carbons (Fsp3) is 0.429. The minimum Gasteiger partial charge on any atom is -0.482 e. The lowest BCUT2D eigenvalue weighted by atomic mass is 10.1. The van der Waals surface area contributed by atoms with Gasteiger partial charge in [0.1, 0.15) is 6.10 Å². The zero-order valence-electron chi connectivity index (χ0n) is 11.3. The molecule has 2 N–H and O–H groups in total. The molecule has 1 aromatic rings. The quantitative estimate of drug-likeness (QED) is 0.865. The lowest BCUT2D eigenvalue weighted by Gasteiger charge is -2.31. The minimum absolute atomic E-state index is 0.135. The lowest BCUT2D eigenvalue weighted by molar-refractivity contribution is -0.138. The first-order chi connectivity index (χ1) is 9.47. The summed E-state index contributed by atoms with van der Waals surface area (Å²) in [5.74, 6) is -0.225. The van der Waals surface area contributed by atoms with Crippen LogP contribution in [0.3, 0.4) is 0 Å². The summed E-state index contributed by atoms with van der Waals surface area (Å²) in [4.78, 5) is 22.7. The monoisotopic (exact) mass is 279 g/mol. The topological polar surface area (TPSA) is 84.9 Å². The summed E-state index contributed by atoms with van der Waals surface area (Å²) in [5.41, 5.74) is 0. The van der Waals surface area contributed by atoms with Crippen molar-refractivity contribution in [2.45, 2.75) is 38.5 Å². The summed E-state index contributed by atoms with van der Waals surface area (Å²) >= 11 is 0. The highest BCUT2D eigenvalue weighted by Crippen LogP contribution is 2.33. The number of aliphatic carboxylic acids is 1. The van der Waals surface area contributed by atoms with Gasteiger partial charge in [-0.15, -0.1) is 0 Å². The third-order valence-electron chi connectivity index (χ3n) is 2.97. The third-order valence-corrected chi connectivity index (χ3v) is 2.97. The standard InChI is InChI=1S/C14H17NO5/c1-8(7-12(16)17)15-14(18)13-9(2)19-10-5-3-4-6-11(10)20-13/h3-6,8-9,13H,7H2,1-2H3,(H,15,18)(H,16,17). The normalized spacial score (nSPS) is 21.9. The zero-order chi connectivity index (χ0) is 14.7. The third kappa shape index (κ3) is 3.20. The largest absolute Gasteiger partial charge is 0.482 e. The maximum Gasteiger partial charge on any atom is 0.305 e. The number of hydrogen-bond acceptors (Lipinski definition) is 4. The van der Waals surface area contributed by atoms with Crippen LogP contribution < -0.4 is 14.8 Å². The van der Waals surface area contributed by atoms with Gasteiger partial charge in [0.15, 0.2) is 11.5 Å². The molecule has 0 aliphatic carbocycles. The second-order valence-electron chi connectivity index (χ2n) is 4.82. The van der Waals surface area contributed by atoms with E-state index in [1.807, 2.05) is 6.07 Å². The number of nitrogens with one attached hydrogen (secondary N) is 1. The van der Waals surface area contributed by atoms with Gasteiger partial charge in [-0.1, -0.05) is 12.1 Å². The molecule has 20 heavy (non-hydrogen) atoms. The molecule has 108 valence electrons. The van der Waals surface area contributed by atoms with Crippen molar-refractivity contribution < 1.29 is 24.2 Å². The fourth-order valence-corrected chi connectivity index (χ4v) is 2.04. The van der Waals surface area contributed by atoms with Crippen molar-refractivity contribution in [1.82, 2.24) is 5.32 Å². The Morgan fingerprint density at radius 2 is 1.90 bits per heavy atom. The van der Waals surface area contributed by atoms with E-state index in [1.54, 1.807) is 32.0 Å². The molecule has 1 aliphatic rings. The van der Waals surface area contributed by atoms with Crippen LogP contribution in [0.4, 0.5) is 0 Å². The number of amides is 1. The maximum absolute atomic E-state index is 12.1. The molecular formula is C14H17NO5. The van der Waals surface area contributed by atoms with Gasteiger partial charge in [-0.2, -0.15) is 0 Å². The van der Waals surface area contributed by atoms with Crippen LogP contribution in [-0.2, 0) is 9.59 Å². The number of benzene rings is 1. The van der Waals surface area contributed by atoms with E-state index < -0.39 is 24.2 Å². The molecule has 0 fully saturated rings. The Morgan fingerprint density at radius 3 is 2.50 bits per heavy atom. The number of carbonyl (C=O) groups is 2. The van der Waals surface area contributed by atoms with Crippen molar-refractivity contribution in [2.75, 3.05) is 0 Å². The first-order valence-electron chi connectivity index (χ1n) is 6.42. The summed E-state index contributed by atoms with van der Waals surface area (Å²) in [7, 11) is 0. The summed E-state index contributed by atoms with van der Waals surface area (Å²) in [5, 5.41) is 11.3. The molecule has 1 aliphatic heterocycles. The van der Waals surface area contributed by atoms with E-state index >= 15 is 0 Å². The number of carboxylic acid groups (broad SMARTS) is 1. The average molecular weight is 279 g/mol. The predicted molar refractivity (Wildman–Crippen MR) is 70.8 cm³/mol. The summed E-state index contributed by atoms with van der Waals surface area (Å²) in [6.07, 6.45) is -1.37. The molecule has 0 saturated heterocycles. The van der Waals surface area contributed by atoms with Gasteiger partial charge in [-0.25, -0.2) is 0 Å². The molecule has 0 radical (unpaired) electrons. The fourth-order valence-electron chi connectivity index (χ4n) is 2.04. The zero-order valence-corrected chi connectivity index (χ0v) is 11.3. The SMILES string of the molecule is CC(CC(=O)O)NC(=O)C1Oc2ccccc2OC1C. The van der Waals surface area contributed by atoms with Gasteiger partial charge in [0.05, 0.1) is 6.42 Å². The van der Waals surface area contributed by atoms with E-state index in [0.717, 1.165) is 0 Å². The van der Waals surface area contributed by atoms with Gasteiger partial charge in [0, 0.05) is 6.04 Å². The number of rotatable bonds is 4. The Kier molecular flexibility index (Phi) is 4.12. The van der Waals surface area contributed by atoms with E-state index in [0.29, 0.717) is 11.5 Å². The van der Waals surface area contributed by atoms with Gasteiger partial charge in [0.2, 0.25) is 6.10 Å². The average Bonchev–Trinajstić information content (AvgIpc) is 2.36. The van der Waals surface area contributed by atoms with Gasteiger partial charge in [-0.05, 0) is 26.0 Å². The first kappa shape index (κ1) is 14.2. The Balaban J connectivity index is 2.02. The van der Waals surface area contributed by atoms with Crippen molar-refractivity contribution in [3.8, 4) is 11.5 Å². The molecule has 6 nitrogen and oxygen atoms in total. The molecule has 0 bridgehead atoms. The summed E-state index contributed by atoms with van der Waals surface area (Å²) in [6.45, 7) is 3.37. The van der Waals surface area contributed by atoms with Crippen molar-refractivity contribution in [3.05, 3.63) is 24.3 Å². The minimum atomic E-state index is -0.961. The summed E-state index contributed by atoms with van der Waals surface area (Å²) in [6, 6.07) is 6.65. The maximum atomic E-state index is 12.1. The second-order valence-corrected chi connectivity index (χ2v) is 4.82. The van der Waals surface area contributed by atoms with E-state index in [9.17, 15) is 9.59 Å². The van der Waals surface area contributed by atoms with Gasteiger partial charge in [-0.3, -0.25) is 9.59 Å². The molecular weight excluding hydrogens is 262 g/mol. The van der Waals surface area contributed by atoms with Crippen LogP contribution in [0.2, 0.25) is 0 Å². The molecule has 0 aromatic heterocycles. The van der Waals surface area contributed by atoms with Crippen LogP contribution >= 0.6 is 0 Å². The molecule has 3 atom stereocenters. The second kappa shape index (κ2) is 5.81. The molecule has 6 heteroatoms.